The molecule has 0 unspecified atom stereocenters. The van der Waals surface area contributed by atoms with E-state index in [2.05, 4.69) is 10.0 Å². The Morgan fingerprint density at radius 1 is 1.35 bits per heavy atom. The first-order chi connectivity index (χ1) is 16.3. The fourth-order valence-electron chi connectivity index (χ4n) is 5.72. The lowest BCUT2D eigenvalue weighted by atomic mass is 9.82. The molecule has 0 radical (unpaired) electrons. The second kappa shape index (κ2) is 6.88. The molecular formula is C24H21FN5O4+. The Bertz CT molecular complexity index is 1570. The number of nitrogens with zero attached hydrogens (tertiary/aromatic N) is 4. The number of carbonyl (C=O) groups is 1. The zero-order chi connectivity index (χ0) is 23.9. The van der Waals surface area contributed by atoms with E-state index in [9.17, 15) is 19.1 Å². The molecule has 2 N–H and O–H groups in total. The molecule has 9 nitrogen and oxygen atoms in total. The van der Waals surface area contributed by atoms with E-state index in [0.717, 1.165) is 22.1 Å². The topological polar surface area (TPSA) is 132 Å². The molecule has 0 bridgehead atoms. The Labute approximate surface area is 192 Å². The van der Waals surface area contributed by atoms with Crippen molar-refractivity contribution in [3.63, 3.8) is 0 Å². The smallest absolute Gasteiger partial charge is 0.343 e. The fourth-order valence-corrected chi connectivity index (χ4v) is 5.72. The van der Waals surface area contributed by atoms with E-state index >= 15 is 0 Å². The van der Waals surface area contributed by atoms with Crippen LogP contribution in [0, 0.1) is 18.3 Å². The molecule has 2 aliphatic heterocycles. The highest BCUT2D eigenvalue weighted by Gasteiger charge is 2.46. The molecule has 1 aliphatic carbocycles. The molecular weight excluding hydrogens is 441 g/mol. The van der Waals surface area contributed by atoms with E-state index in [4.69, 9.17) is 15.3 Å². The van der Waals surface area contributed by atoms with E-state index in [-0.39, 0.29) is 42.1 Å². The van der Waals surface area contributed by atoms with E-state index in [0.29, 0.717) is 35.3 Å². The minimum atomic E-state index is -1.92. The minimum absolute atomic E-state index is 0.0464. The van der Waals surface area contributed by atoms with Crippen molar-refractivity contribution >= 4 is 16.9 Å². The van der Waals surface area contributed by atoms with Crippen molar-refractivity contribution in [3.8, 4) is 11.4 Å². The van der Waals surface area contributed by atoms with Crippen LogP contribution < -0.4 is 10.5 Å². The predicted molar refractivity (Wildman–Crippen MR) is 118 cm³/mol. The molecule has 34 heavy (non-hydrogen) atoms. The van der Waals surface area contributed by atoms with Gasteiger partial charge in [-0.3, -0.25) is 4.79 Å². The standard InChI is InChI=1S/C24H21FN5O4/c1-3-24(33)14-6-18-21-12(8-30(18)22(31)13(14)9-34-23(24)32)20-16(28-29-26)5-4-11-10(2)15(25)7-17(27-21)19(11)20/h6-7,16,26,33H,3-5,8-9H2,1-2H3/q+1/t16-,24-/m0/s1. The molecule has 0 amide bonds. The Hall–Kier alpha value is -3.75. The molecule has 10 heteroatoms. The van der Waals surface area contributed by atoms with Gasteiger partial charge in [0.25, 0.3) is 5.56 Å². The number of rotatable bonds is 2. The van der Waals surface area contributed by atoms with Gasteiger partial charge in [0.15, 0.2) is 11.6 Å². The highest BCUT2D eigenvalue weighted by molar-refractivity contribution is 5.93. The molecule has 3 aliphatic rings. The largest absolute Gasteiger partial charge is 0.458 e. The third-order valence-corrected chi connectivity index (χ3v) is 7.54. The average Bonchev–Trinajstić information content (AvgIpc) is 3.19. The summed E-state index contributed by atoms with van der Waals surface area (Å²) in [7, 11) is 0. The number of esters is 1. The van der Waals surface area contributed by atoms with Gasteiger partial charge in [-0.05, 0) is 43.4 Å². The van der Waals surface area contributed by atoms with Crippen LogP contribution in [0.2, 0.25) is 0 Å². The number of fused-ring (bicyclic) bond motifs is 5. The third-order valence-electron chi connectivity index (χ3n) is 7.54. The highest BCUT2D eigenvalue weighted by Crippen LogP contribution is 2.46. The molecule has 2 aromatic heterocycles. The number of benzene rings is 1. The van der Waals surface area contributed by atoms with Crippen LogP contribution in [0.25, 0.3) is 22.3 Å². The summed E-state index contributed by atoms with van der Waals surface area (Å²) in [5, 5.41) is 16.0. The van der Waals surface area contributed by atoms with Crippen LogP contribution in [0.5, 0.6) is 0 Å². The summed E-state index contributed by atoms with van der Waals surface area (Å²) in [6.07, 6.45) is 1.19. The van der Waals surface area contributed by atoms with E-state index in [1.54, 1.807) is 24.5 Å². The number of halogens is 1. The van der Waals surface area contributed by atoms with Gasteiger partial charge in [0.05, 0.1) is 29.0 Å². The molecule has 3 aromatic rings. The van der Waals surface area contributed by atoms with Crippen molar-refractivity contribution in [3.05, 3.63) is 61.7 Å². The van der Waals surface area contributed by atoms with Crippen molar-refractivity contribution in [1.29, 1.82) is 5.53 Å². The van der Waals surface area contributed by atoms with Crippen LogP contribution in [-0.4, -0.2) is 20.6 Å². The molecule has 0 fully saturated rings. The van der Waals surface area contributed by atoms with Gasteiger partial charge in [-0.2, -0.15) is 0 Å². The van der Waals surface area contributed by atoms with Crippen LogP contribution in [0.4, 0.5) is 4.39 Å². The lowest BCUT2D eigenvalue weighted by Gasteiger charge is -2.31. The zero-order valence-corrected chi connectivity index (χ0v) is 18.6. The van der Waals surface area contributed by atoms with Gasteiger partial charge in [0.1, 0.15) is 23.1 Å². The van der Waals surface area contributed by atoms with Gasteiger partial charge in [-0.25, -0.2) is 14.2 Å². The summed E-state index contributed by atoms with van der Waals surface area (Å²) in [6, 6.07) is 2.61. The zero-order valence-electron chi connectivity index (χ0n) is 18.6. The number of hydrogen-bond donors (Lipinski definition) is 2. The minimum Gasteiger partial charge on any atom is -0.458 e. The van der Waals surface area contributed by atoms with Crippen molar-refractivity contribution in [2.75, 3.05) is 0 Å². The third kappa shape index (κ3) is 2.47. The molecule has 2 atom stereocenters. The Balaban J connectivity index is 1.71. The summed E-state index contributed by atoms with van der Waals surface area (Å²) in [5.41, 5.74) is 9.86. The lowest BCUT2D eigenvalue weighted by molar-refractivity contribution is -0.172. The number of pyridine rings is 2. The molecule has 0 saturated carbocycles. The molecule has 0 saturated heterocycles. The summed E-state index contributed by atoms with van der Waals surface area (Å²) >= 11 is 0. The number of nitrogens with one attached hydrogen (secondary N) is 1. The van der Waals surface area contributed by atoms with Crippen molar-refractivity contribution in [1.82, 2.24) is 14.5 Å². The number of aromatic nitrogens is 2. The second-order valence-electron chi connectivity index (χ2n) is 9.08. The van der Waals surface area contributed by atoms with Gasteiger partial charge in [0.2, 0.25) is 4.91 Å². The summed E-state index contributed by atoms with van der Waals surface area (Å²) in [4.78, 5) is 33.9. The number of cyclic esters (lactones) is 1. The van der Waals surface area contributed by atoms with Gasteiger partial charge in [0, 0.05) is 28.1 Å². The molecule has 172 valence electrons. The number of aliphatic hydroxyl groups is 1. The Morgan fingerprint density at radius 3 is 2.88 bits per heavy atom. The normalized spacial score (nSPS) is 22.0. The van der Waals surface area contributed by atoms with Gasteiger partial charge < -0.3 is 14.4 Å². The van der Waals surface area contributed by atoms with E-state index < -0.39 is 17.6 Å². The SMILES string of the molecule is CC[C@@]1(O)C(=O)OCc2c1cc1n(c2=O)Cc2c-1nc1cc(F)c(C)c3c1c2[C@@H](N=[N+]=N)CC3. The van der Waals surface area contributed by atoms with Gasteiger partial charge in [-0.15, -0.1) is 0 Å². The quantitative estimate of drug-likeness (QED) is 0.268. The Kier molecular flexibility index (Phi) is 4.21. The van der Waals surface area contributed by atoms with Gasteiger partial charge >= 0.3 is 5.97 Å². The average molecular weight is 462 g/mol. The predicted octanol–water partition coefficient (Wildman–Crippen LogP) is 3.06. The first-order valence-electron chi connectivity index (χ1n) is 11.2. The maximum absolute atomic E-state index is 14.8. The molecule has 1 aromatic carbocycles. The van der Waals surface area contributed by atoms with E-state index in [1.807, 2.05) is 0 Å². The van der Waals surface area contributed by atoms with E-state index in [1.165, 1.54) is 6.07 Å². The molecule has 6 rings (SSSR count). The summed E-state index contributed by atoms with van der Waals surface area (Å²) in [5.74, 6) is -1.14. The number of hydrogen-bond acceptors (Lipinski definition) is 7. The van der Waals surface area contributed by atoms with Crippen LogP contribution in [0.3, 0.4) is 0 Å². The lowest BCUT2D eigenvalue weighted by Crippen LogP contribution is -2.44. The van der Waals surface area contributed by atoms with Crippen LogP contribution in [-0.2, 0) is 34.7 Å². The highest BCUT2D eigenvalue weighted by atomic mass is 19.1. The van der Waals surface area contributed by atoms with Crippen LogP contribution in [0.1, 0.15) is 59.2 Å². The van der Waals surface area contributed by atoms with Crippen molar-refractivity contribution < 1.29 is 19.0 Å². The van der Waals surface area contributed by atoms with Crippen LogP contribution in [0.15, 0.2) is 22.0 Å². The summed E-state index contributed by atoms with van der Waals surface area (Å²) in [6.45, 7) is 3.39. The van der Waals surface area contributed by atoms with Crippen molar-refractivity contribution in [2.45, 2.75) is 57.9 Å². The monoisotopic (exact) mass is 462 g/mol. The number of carbonyl (C=O) groups excluding carboxylic acids is 1. The second-order valence-corrected chi connectivity index (χ2v) is 9.08. The maximum atomic E-state index is 14.8. The van der Waals surface area contributed by atoms with Crippen molar-refractivity contribution in [2.24, 2.45) is 5.11 Å². The summed E-state index contributed by atoms with van der Waals surface area (Å²) < 4.78 is 21.5. The molecule has 4 heterocycles. The fraction of sp³-hybridized carbons (Fsp3) is 0.375. The first-order valence-corrected chi connectivity index (χ1v) is 11.2. The van der Waals surface area contributed by atoms with Gasteiger partial charge in [-0.1, -0.05) is 6.92 Å². The maximum Gasteiger partial charge on any atom is 0.343 e. The Morgan fingerprint density at radius 2 is 2.15 bits per heavy atom. The van der Waals surface area contributed by atoms with Crippen LogP contribution >= 0.6 is 0 Å². The number of aryl methyl sites for hydroxylation is 1. The number of ether oxygens (including phenoxy) is 1. The first kappa shape index (κ1) is 20.8. The molecule has 0 spiro atoms.